The fraction of sp³-hybridized carbons (Fsp3) is 0.138. The van der Waals surface area contributed by atoms with E-state index < -0.39 is 27.5 Å². The van der Waals surface area contributed by atoms with Gasteiger partial charge >= 0.3 is 5.97 Å². The number of hydrogen-bond acceptors (Lipinski definition) is 9. The number of phenols is 1. The first-order chi connectivity index (χ1) is 19.3. The van der Waals surface area contributed by atoms with E-state index >= 15 is 0 Å². The first kappa shape index (κ1) is 27.7. The van der Waals surface area contributed by atoms with Gasteiger partial charge in [0.05, 0.1) is 35.3 Å². The van der Waals surface area contributed by atoms with E-state index in [1.54, 1.807) is 48.5 Å². The maximum Gasteiger partial charge on any atom is 0.345 e. The van der Waals surface area contributed by atoms with Gasteiger partial charge in [0.25, 0.3) is 11.4 Å². The number of nitrogens with zero attached hydrogens (tertiary/aromatic N) is 2. The van der Waals surface area contributed by atoms with E-state index in [1.807, 2.05) is 0 Å². The van der Waals surface area contributed by atoms with E-state index in [0.717, 1.165) is 0 Å². The highest BCUT2D eigenvalue weighted by molar-refractivity contribution is 5.84. The van der Waals surface area contributed by atoms with Gasteiger partial charge in [0.15, 0.2) is 0 Å². The van der Waals surface area contributed by atoms with E-state index in [2.05, 4.69) is 5.32 Å². The van der Waals surface area contributed by atoms with Gasteiger partial charge < -0.3 is 19.9 Å². The molecule has 2 atom stereocenters. The van der Waals surface area contributed by atoms with Crippen LogP contribution in [0.15, 0.2) is 103 Å². The molecule has 0 aliphatic rings. The van der Waals surface area contributed by atoms with Gasteiger partial charge in [0.1, 0.15) is 5.75 Å². The number of para-hydroxylation sites is 2. The number of rotatable bonds is 11. The Morgan fingerprint density at radius 2 is 1.40 bits per heavy atom. The zero-order valence-electron chi connectivity index (χ0n) is 21.3. The lowest BCUT2D eigenvalue weighted by Crippen LogP contribution is -2.48. The molecule has 0 aliphatic heterocycles. The average Bonchev–Trinajstić information content (AvgIpc) is 2.98. The Labute approximate surface area is 228 Å². The van der Waals surface area contributed by atoms with Crippen molar-refractivity contribution in [2.75, 3.05) is 12.4 Å². The lowest BCUT2D eigenvalue weighted by molar-refractivity contribution is -0.385. The fourth-order valence-corrected chi connectivity index (χ4v) is 4.34. The van der Waals surface area contributed by atoms with Gasteiger partial charge in [-0.1, -0.05) is 54.6 Å². The minimum Gasteiger partial charge on any atom is -0.506 e. The van der Waals surface area contributed by atoms with Crippen molar-refractivity contribution >= 4 is 23.0 Å². The summed E-state index contributed by atoms with van der Waals surface area (Å²) in [5.74, 6) is -0.886. The highest BCUT2D eigenvalue weighted by atomic mass is 16.6. The van der Waals surface area contributed by atoms with Gasteiger partial charge in [-0.25, -0.2) is 4.79 Å². The summed E-state index contributed by atoms with van der Waals surface area (Å²) >= 11 is 0. The number of benzene rings is 4. The van der Waals surface area contributed by atoms with Crippen LogP contribution >= 0.6 is 0 Å². The van der Waals surface area contributed by atoms with Crippen LogP contribution in [0.3, 0.4) is 0 Å². The first-order valence-electron chi connectivity index (χ1n) is 12.1. The molecule has 0 aliphatic carbocycles. The minimum atomic E-state index is -1.89. The first-order valence-corrected chi connectivity index (χ1v) is 12.1. The van der Waals surface area contributed by atoms with Crippen molar-refractivity contribution in [3.05, 3.63) is 140 Å². The van der Waals surface area contributed by atoms with Gasteiger partial charge in [-0.2, -0.15) is 0 Å². The van der Waals surface area contributed by atoms with E-state index in [0.29, 0.717) is 16.7 Å². The Hall–Kier alpha value is -5.29. The molecule has 0 bridgehead atoms. The lowest BCUT2D eigenvalue weighted by Gasteiger charge is -2.39. The number of nitrogens with one attached hydrogen (secondary N) is 1. The quantitative estimate of drug-likeness (QED) is 0.106. The molecule has 0 heterocycles. The topological polar surface area (TPSA) is 154 Å². The number of hydrogen-bond donors (Lipinski definition) is 2. The van der Waals surface area contributed by atoms with Gasteiger partial charge in [0.2, 0.25) is 5.60 Å². The van der Waals surface area contributed by atoms with Gasteiger partial charge in [-0.15, -0.1) is 0 Å². The molecule has 0 amide bonds. The minimum absolute atomic E-state index is 0.100. The second kappa shape index (κ2) is 12.0. The summed E-state index contributed by atoms with van der Waals surface area (Å²) in [4.78, 5) is 35.2. The predicted molar refractivity (Wildman–Crippen MR) is 146 cm³/mol. The highest BCUT2D eigenvalue weighted by Gasteiger charge is 2.51. The molecule has 0 unspecified atom stereocenters. The van der Waals surface area contributed by atoms with E-state index in [1.165, 1.54) is 61.7 Å². The van der Waals surface area contributed by atoms with Crippen molar-refractivity contribution in [1.29, 1.82) is 0 Å². The number of phenolic OH excluding ortho intramolecular Hbond substituents is 1. The van der Waals surface area contributed by atoms with Crippen molar-refractivity contribution in [2.45, 2.75) is 18.2 Å². The van der Waals surface area contributed by atoms with Crippen LogP contribution in [-0.4, -0.2) is 28.0 Å². The number of carbonyl (C=O) groups is 1. The molecule has 4 rings (SSSR count). The Morgan fingerprint density at radius 1 is 0.850 bits per heavy atom. The maximum absolute atomic E-state index is 13.8. The third kappa shape index (κ3) is 5.74. The normalized spacial score (nSPS) is 13.0. The van der Waals surface area contributed by atoms with Gasteiger partial charge in [0, 0.05) is 24.3 Å². The second-order valence-electron chi connectivity index (χ2n) is 8.75. The molecule has 0 saturated heterocycles. The number of aromatic hydroxyl groups is 1. The van der Waals surface area contributed by atoms with Crippen molar-refractivity contribution in [2.24, 2.45) is 0 Å². The van der Waals surface area contributed by atoms with Gasteiger partial charge in [-0.05, 0) is 41.0 Å². The summed E-state index contributed by atoms with van der Waals surface area (Å²) in [7, 11) is 1.21. The molecule has 204 valence electrons. The third-order valence-electron chi connectivity index (χ3n) is 6.35. The van der Waals surface area contributed by atoms with Crippen LogP contribution in [0.25, 0.3) is 0 Å². The summed E-state index contributed by atoms with van der Waals surface area (Å²) in [6.45, 7) is -0.159. The van der Waals surface area contributed by atoms with Crippen molar-refractivity contribution in [3.63, 3.8) is 0 Å². The van der Waals surface area contributed by atoms with Crippen molar-refractivity contribution < 1.29 is 29.2 Å². The number of methoxy groups -OCH3 is 1. The molecule has 40 heavy (non-hydrogen) atoms. The molecule has 0 spiro atoms. The molecule has 0 fully saturated rings. The van der Waals surface area contributed by atoms with E-state index in [-0.39, 0.29) is 29.4 Å². The molecule has 0 saturated carbocycles. The van der Waals surface area contributed by atoms with Crippen LogP contribution in [0.5, 0.6) is 5.75 Å². The van der Waals surface area contributed by atoms with Crippen LogP contribution < -0.4 is 5.32 Å². The molecule has 0 aromatic heterocycles. The third-order valence-corrected chi connectivity index (χ3v) is 6.35. The lowest BCUT2D eigenvalue weighted by atomic mass is 9.81. The number of ether oxygens (including phenoxy) is 2. The van der Waals surface area contributed by atoms with Crippen LogP contribution in [0.4, 0.5) is 17.1 Å². The van der Waals surface area contributed by atoms with Crippen LogP contribution in [0.2, 0.25) is 0 Å². The van der Waals surface area contributed by atoms with Crippen molar-refractivity contribution in [3.8, 4) is 5.75 Å². The number of nitro benzene ring substituents is 2. The number of esters is 1. The fourth-order valence-electron chi connectivity index (χ4n) is 4.34. The number of non-ortho nitro benzene ring substituents is 2. The van der Waals surface area contributed by atoms with Crippen LogP contribution in [-0.2, 0) is 26.5 Å². The van der Waals surface area contributed by atoms with E-state index in [4.69, 9.17) is 9.47 Å². The Bertz CT molecular complexity index is 1490. The Kier molecular flexibility index (Phi) is 8.36. The highest BCUT2D eigenvalue weighted by Crippen LogP contribution is 2.44. The largest absolute Gasteiger partial charge is 0.506 e. The molecule has 4 aromatic rings. The number of nitro groups is 2. The SMILES string of the molecule is COC(=O)[C@](OCc1ccc([N+](=O)[O-])cc1)(c1ccccc1)[C@@H](Nc1ccccc1O)c1ccc([N+](=O)[O-])cc1. The molecular formula is C29H25N3O8. The summed E-state index contributed by atoms with van der Waals surface area (Å²) in [5.41, 5.74) is -0.511. The van der Waals surface area contributed by atoms with Gasteiger partial charge in [-0.3, -0.25) is 20.2 Å². The van der Waals surface area contributed by atoms with Crippen molar-refractivity contribution in [1.82, 2.24) is 0 Å². The molecule has 11 heteroatoms. The monoisotopic (exact) mass is 543 g/mol. The van der Waals surface area contributed by atoms with E-state index in [9.17, 15) is 30.1 Å². The zero-order valence-corrected chi connectivity index (χ0v) is 21.3. The Balaban J connectivity index is 1.90. The van der Waals surface area contributed by atoms with Crippen LogP contribution in [0.1, 0.15) is 22.7 Å². The molecule has 4 aromatic carbocycles. The summed E-state index contributed by atoms with van der Waals surface area (Å²) in [5, 5.41) is 36.2. The Morgan fingerprint density at radius 3 is 1.95 bits per heavy atom. The second-order valence-corrected chi connectivity index (χ2v) is 8.75. The molecule has 11 nitrogen and oxygen atoms in total. The number of carbonyl (C=O) groups excluding carboxylic acids is 1. The van der Waals surface area contributed by atoms with Crippen LogP contribution in [0, 0.1) is 20.2 Å². The maximum atomic E-state index is 13.8. The standard InChI is InChI=1S/C29H25N3O8/c1-39-28(34)29(22-7-3-2-4-8-22,40-19-20-11-15-23(16-12-20)31(35)36)27(30-25-9-5-6-10-26(25)33)21-13-17-24(18-14-21)32(37)38/h2-18,27,30,33H,19H2,1H3/t27-,29-/m0/s1. The summed E-state index contributed by atoms with van der Waals surface area (Å²) in [6, 6.07) is 25.2. The molecule has 2 N–H and O–H groups in total. The summed E-state index contributed by atoms with van der Waals surface area (Å²) < 4.78 is 11.7. The zero-order chi connectivity index (χ0) is 28.7. The average molecular weight is 544 g/mol. The molecular weight excluding hydrogens is 518 g/mol. The molecule has 0 radical (unpaired) electrons. The smallest absolute Gasteiger partial charge is 0.345 e. The predicted octanol–water partition coefficient (Wildman–Crippen LogP) is 5.65. The summed E-state index contributed by atoms with van der Waals surface area (Å²) in [6.07, 6.45) is 0. The number of anilines is 1.